The Morgan fingerprint density at radius 3 is 2.85 bits per heavy atom. The molecule has 0 radical (unpaired) electrons. The third kappa shape index (κ3) is 2.16. The third-order valence-corrected chi connectivity index (χ3v) is 1.50. The molecule has 13 heavy (non-hydrogen) atoms. The van der Waals surface area contributed by atoms with E-state index in [4.69, 9.17) is 0 Å². The van der Waals surface area contributed by atoms with Crippen LogP contribution in [0.4, 0.5) is 0 Å². The number of nitrogens with one attached hydrogen (secondary N) is 2. The number of carbonyl (C=O) groups is 1. The van der Waals surface area contributed by atoms with Gasteiger partial charge in [0.2, 0.25) is 0 Å². The molecule has 0 fully saturated rings. The van der Waals surface area contributed by atoms with Crippen LogP contribution in [0, 0.1) is 6.92 Å². The maximum atomic E-state index is 11.2. The highest BCUT2D eigenvalue weighted by Gasteiger charge is 2.08. The maximum absolute atomic E-state index is 11.2. The average Bonchev–Trinajstić information content (AvgIpc) is 2.04. The van der Waals surface area contributed by atoms with Crippen LogP contribution in [0.3, 0.4) is 0 Å². The van der Waals surface area contributed by atoms with E-state index in [-0.39, 0.29) is 11.0 Å². The lowest BCUT2D eigenvalue weighted by Crippen LogP contribution is -2.27. The summed E-state index contributed by atoms with van der Waals surface area (Å²) in [4.78, 5) is 29.5. The van der Waals surface area contributed by atoms with Gasteiger partial charge in [-0.25, -0.2) is 5.48 Å². The molecule has 2 N–H and O–H groups in total. The van der Waals surface area contributed by atoms with Crippen LogP contribution in [-0.2, 0) is 4.84 Å². The van der Waals surface area contributed by atoms with Gasteiger partial charge in [-0.05, 0) is 6.92 Å². The Morgan fingerprint density at radius 1 is 1.62 bits per heavy atom. The zero-order valence-electron chi connectivity index (χ0n) is 7.38. The van der Waals surface area contributed by atoms with Gasteiger partial charge in [0.25, 0.3) is 5.91 Å². The van der Waals surface area contributed by atoms with Crippen molar-refractivity contribution in [3.63, 3.8) is 0 Å². The van der Waals surface area contributed by atoms with E-state index in [1.165, 1.54) is 19.4 Å². The molecule has 0 bridgehead atoms. The number of hydrogen-bond donors (Lipinski definition) is 2. The number of pyridine rings is 1. The fourth-order valence-electron chi connectivity index (χ4n) is 0.898. The second-order valence-corrected chi connectivity index (χ2v) is 2.53. The largest absolute Gasteiger partial charge is 0.364 e. The molecule has 0 saturated heterocycles. The van der Waals surface area contributed by atoms with E-state index in [2.05, 4.69) is 15.3 Å². The molecule has 70 valence electrons. The van der Waals surface area contributed by atoms with Crippen molar-refractivity contribution in [3.05, 3.63) is 33.7 Å². The Kier molecular flexibility index (Phi) is 2.81. The van der Waals surface area contributed by atoms with Crippen LogP contribution in [0.25, 0.3) is 0 Å². The Morgan fingerprint density at radius 2 is 2.31 bits per heavy atom. The molecular weight excluding hydrogens is 172 g/mol. The number of rotatable bonds is 2. The van der Waals surface area contributed by atoms with Crippen molar-refractivity contribution in [3.8, 4) is 0 Å². The molecule has 5 heteroatoms. The molecule has 0 atom stereocenters. The topological polar surface area (TPSA) is 71.2 Å². The summed E-state index contributed by atoms with van der Waals surface area (Å²) < 4.78 is 0. The van der Waals surface area contributed by atoms with Crippen LogP contribution in [0.1, 0.15) is 16.1 Å². The van der Waals surface area contributed by atoms with Crippen LogP contribution in [0.5, 0.6) is 0 Å². The van der Waals surface area contributed by atoms with Gasteiger partial charge in [-0.2, -0.15) is 0 Å². The van der Waals surface area contributed by atoms with E-state index in [0.717, 1.165) is 0 Å². The van der Waals surface area contributed by atoms with Crippen LogP contribution in [-0.4, -0.2) is 18.0 Å². The molecule has 0 aliphatic heterocycles. The molecule has 1 rings (SSSR count). The van der Waals surface area contributed by atoms with Crippen molar-refractivity contribution < 1.29 is 9.63 Å². The molecule has 1 amide bonds. The smallest absolute Gasteiger partial charge is 0.280 e. The molecule has 0 aliphatic carbocycles. The van der Waals surface area contributed by atoms with Crippen molar-refractivity contribution in [2.45, 2.75) is 6.92 Å². The Balaban J connectivity index is 3.02. The second-order valence-electron chi connectivity index (χ2n) is 2.53. The van der Waals surface area contributed by atoms with E-state index < -0.39 is 5.91 Å². The minimum Gasteiger partial charge on any atom is -0.364 e. The molecule has 5 nitrogen and oxygen atoms in total. The molecule has 0 unspecified atom stereocenters. The minimum absolute atomic E-state index is 0.0347. The Labute approximate surface area is 74.7 Å². The number of amides is 1. The number of aromatic nitrogens is 1. The normalized spacial score (nSPS) is 9.69. The SMILES string of the molecule is CONC(=O)c1c[nH]c(C)cc1=O. The van der Waals surface area contributed by atoms with Gasteiger partial charge in [0.05, 0.1) is 7.11 Å². The lowest BCUT2D eigenvalue weighted by atomic mass is 10.2. The zero-order chi connectivity index (χ0) is 9.84. The standard InChI is InChI=1S/C8H10N2O3/c1-5-3-7(11)6(4-9-5)8(12)10-13-2/h3-4H,1-2H3,(H,9,11)(H,10,12). The summed E-state index contributed by atoms with van der Waals surface area (Å²) in [6.07, 6.45) is 1.35. The van der Waals surface area contributed by atoms with Crippen LogP contribution >= 0.6 is 0 Å². The van der Waals surface area contributed by atoms with Gasteiger partial charge in [-0.1, -0.05) is 0 Å². The lowest BCUT2D eigenvalue weighted by molar-refractivity contribution is 0.0536. The summed E-state index contributed by atoms with van der Waals surface area (Å²) in [5.74, 6) is -0.552. The highest BCUT2D eigenvalue weighted by Crippen LogP contribution is 1.91. The second kappa shape index (κ2) is 3.86. The van der Waals surface area contributed by atoms with Gasteiger partial charge in [0, 0.05) is 18.0 Å². The number of H-pyrrole nitrogens is 1. The molecule has 1 heterocycles. The van der Waals surface area contributed by atoms with Crippen LogP contribution in [0.15, 0.2) is 17.1 Å². The van der Waals surface area contributed by atoms with Gasteiger partial charge < -0.3 is 4.98 Å². The molecule has 1 aromatic rings. The molecule has 0 saturated carbocycles. The van der Waals surface area contributed by atoms with Gasteiger partial charge in [0.1, 0.15) is 5.56 Å². The number of aromatic amines is 1. The molecule has 0 spiro atoms. The summed E-state index contributed by atoms with van der Waals surface area (Å²) in [6, 6.07) is 1.35. The van der Waals surface area contributed by atoms with Crippen LogP contribution < -0.4 is 10.9 Å². The van der Waals surface area contributed by atoms with Crippen molar-refractivity contribution in [1.82, 2.24) is 10.5 Å². The molecular formula is C8H10N2O3. The molecule has 0 aliphatic rings. The van der Waals surface area contributed by atoms with Gasteiger partial charge in [-0.3, -0.25) is 14.4 Å². The Bertz CT molecular complexity index is 370. The summed E-state index contributed by atoms with van der Waals surface area (Å²) >= 11 is 0. The van der Waals surface area contributed by atoms with E-state index in [9.17, 15) is 9.59 Å². The first-order chi connectivity index (χ1) is 6.15. The Hall–Kier alpha value is -1.62. The fraction of sp³-hybridized carbons (Fsp3) is 0.250. The number of carbonyl (C=O) groups excluding carboxylic acids is 1. The average molecular weight is 182 g/mol. The summed E-state index contributed by atoms with van der Waals surface area (Å²) in [7, 11) is 1.31. The number of aryl methyl sites for hydroxylation is 1. The molecule has 1 aromatic heterocycles. The van der Waals surface area contributed by atoms with E-state index in [0.29, 0.717) is 5.69 Å². The van der Waals surface area contributed by atoms with E-state index in [1.54, 1.807) is 6.92 Å². The summed E-state index contributed by atoms with van der Waals surface area (Å²) in [6.45, 7) is 1.74. The van der Waals surface area contributed by atoms with E-state index >= 15 is 0 Å². The van der Waals surface area contributed by atoms with E-state index in [1.807, 2.05) is 0 Å². The predicted octanol–water partition coefficient (Wildman–Crippen LogP) is -0.0255. The summed E-state index contributed by atoms with van der Waals surface area (Å²) in [5.41, 5.74) is 2.48. The highest BCUT2D eigenvalue weighted by molar-refractivity contribution is 5.92. The predicted molar refractivity (Wildman–Crippen MR) is 46.3 cm³/mol. The highest BCUT2D eigenvalue weighted by atomic mass is 16.6. The quantitative estimate of drug-likeness (QED) is 0.631. The third-order valence-electron chi connectivity index (χ3n) is 1.50. The zero-order valence-corrected chi connectivity index (χ0v) is 7.38. The van der Waals surface area contributed by atoms with Gasteiger partial charge >= 0.3 is 0 Å². The first-order valence-electron chi connectivity index (χ1n) is 3.68. The van der Waals surface area contributed by atoms with Crippen LogP contribution in [0.2, 0.25) is 0 Å². The monoisotopic (exact) mass is 182 g/mol. The number of hydroxylamine groups is 1. The first kappa shape index (κ1) is 9.47. The minimum atomic E-state index is -0.552. The van der Waals surface area contributed by atoms with Gasteiger partial charge in [-0.15, -0.1) is 0 Å². The summed E-state index contributed by atoms with van der Waals surface area (Å²) in [5, 5.41) is 0. The number of hydrogen-bond acceptors (Lipinski definition) is 3. The van der Waals surface area contributed by atoms with Crippen molar-refractivity contribution >= 4 is 5.91 Å². The first-order valence-corrected chi connectivity index (χ1v) is 3.68. The van der Waals surface area contributed by atoms with Crippen molar-refractivity contribution in [2.24, 2.45) is 0 Å². The lowest BCUT2D eigenvalue weighted by Gasteiger charge is -2.00. The van der Waals surface area contributed by atoms with Gasteiger partial charge in [0.15, 0.2) is 5.43 Å². The molecule has 0 aromatic carbocycles. The maximum Gasteiger partial charge on any atom is 0.280 e. The van der Waals surface area contributed by atoms with Crippen molar-refractivity contribution in [1.29, 1.82) is 0 Å². The fourth-order valence-corrected chi connectivity index (χ4v) is 0.898. The van der Waals surface area contributed by atoms with Crippen molar-refractivity contribution in [2.75, 3.05) is 7.11 Å².